The topological polar surface area (TPSA) is 98.9 Å². The van der Waals surface area contributed by atoms with Crippen molar-refractivity contribution in [2.75, 3.05) is 0 Å². The molecule has 0 aliphatic heterocycles. The zero-order valence-corrected chi connectivity index (χ0v) is 16.9. The summed E-state index contributed by atoms with van der Waals surface area (Å²) in [5.74, 6) is -0.287. The summed E-state index contributed by atoms with van der Waals surface area (Å²) < 4.78 is 34.9. The lowest BCUT2D eigenvalue weighted by Crippen LogP contribution is -2.13. The molecule has 3 aromatic carbocycles. The van der Waals surface area contributed by atoms with Crippen LogP contribution in [0.3, 0.4) is 0 Å². The van der Waals surface area contributed by atoms with Crippen LogP contribution in [-0.4, -0.2) is 19.2 Å². The summed E-state index contributed by atoms with van der Waals surface area (Å²) in [6.07, 6.45) is 0.229. The van der Waals surface area contributed by atoms with Crippen molar-refractivity contribution in [3.63, 3.8) is 0 Å². The number of ether oxygens (including phenoxy) is 1. The zero-order chi connectivity index (χ0) is 21.4. The molecule has 0 saturated heterocycles. The van der Waals surface area contributed by atoms with Gasteiger partial charge in [0.1, 0.15) is 6.61 Å². The van der Waals surface area contributed by atoms with Gasteiger partial charge in [-0.1, -0.05) is 72.8 Å². The van der Waals surface area contributed by atoms with Crippen LogP contribution in [0.5, 0.6) is 0 Å². The largest absolute Gasteiger partial charge is 0.475 e. The Morgan fingerprint density at radius 1 is 0.833 bits per heavy atom. The predicted octanol–water partition coefficient (Wildman–Crippen LogP) is 4.28. The fourth-order valence-electron chi connectivity index (χ4n) is 2.73. The van der Waals surface area contributed by atoms with Crippen molar-refractivity contribution in [3.05, 3.63) is 112 Å². The number of hydrogen-bond acceptors (Lipinski definition) is 5. The minimum atomic E-state index is -3.90. The Morgan fingerprint density at radius 2 is 1.40 bits per heavy atom. The standard InChI is InChI=1S/C22H20N2O5S/c25-24(26)21-13-11-20(12-14-21)17-30(27,28)23-22(15-18-7-3-1-4-8-18)29-16-19-9-5-2-6-10-19/h1-14H,15-17H2/b23-22+. The molecule has 30 heavy (non-hydrogen) atoms. The predicted molar refractivity (Wildman–Crippen MR) is 115 cm³/mol. The van der Waals surface area contributed by atoms with Crippen LogP contribution in [0.15, 0.2) is 89.3 Å². The molecule has 0 spiro atoms. The Bertz CT molecular complexity index is 1110. The van der Waals surface area contributed by atoms with E-state index in [0.717, 1.165) is 11.1 Å². The molecule has 0 fully saturated rings. The van der Waals surface area contributed by atoms with Gasteiger partial charge in [-0.05, 0) is 16.7 Å². The van der Waals surface area contributed by atoms with E-state index in [1.807, 2.05) is 60.7 Å². The summed E-state index contributed by atoms with van der Waals surface area (Å²) in [4.78, 5) is 10.2. The number of rotatable bonds is 8. The summed E-state index contributed by atoms with van der Waals surface area (Å²) in [7, 11) is -3.90. The van der Waals surface area contributed by atoms with E-state index < -0.39 is 14.9 Å². The Kier molecular flexibility index (Phi) is 6.92. The molecule has 0 amide bonds. The monoisotopic (exact) mass is 424 g/mol. The quantitative estimate of drug-likeness (QED) is 0.233. The average molecular weight is 424 g/mol. The number of non-ortho nitro benzene ring substituents is 1. The molecular formula is C22H20N2O5S. The van der Waals surface area contributed by atoms with Gasteiger partial charge in [-0.25, -0.2) is 8.42 Å². The van der Waals surface area contributed by atoms with E-state index in [0.29, 0.717) is 5.56 Å². The first kappa shape index (κ1) is 21.2. The number of benzene rings is 3. The molecule has 3 rings (SSSR count). The van der Waals surface area contributed by atoms with Gasteiger partial charge in [0, 0.05) is 18.6 Å². The van der Waals surface area contributed by atoms with Gasteiger partial charge < -0.3 is 4.74 Å². The Balaban J connectivity index is 1.79. The molecule has 0 N–H and O–H groups in total. The van der Waals surface area contributed by atoms with E-state index in [9.17, 15) is 18.5 Å². The Morgan fingerprint density at radius 3 is 1.97 bits per heavy atom. The fourth-order valence-corrected chi connectivity index (χ4v) is 3.84. The van der Waals surface area contributed by atoms with Crippen molar-refractivity contribution < 1.29 is 18.1 Å². The fraction of sp³-hybridized carbons (Fsp3) is 0.136. The number of hydrogen-bond donors (Lipinski definition) is 0. The molecule has 0 aliphatic carbocycles. The average Bonchev–Trinajstić information content (AvgIpc) is 2.73. The normalized spacial score (nSPS) is 11.8. The van der Waals surface area contributed by atoms with Crippen LogP contribution < -0.4 is 0 Å². The zero-order valence-electron chi connectivity index (χ0n) is 16.0. The van der Waals surface area contributed by atoms with Crippen molar-refractivity contribution >= 4 is 21.6 Å². The van der Waals surface area contributed by atoms with Crippen LogP contribution in [0.2, 0.25) is 0 Å². The lowest BCUT2D eigenvalue weighted by Gasteiger charge is -2.10. The number of nitro benzene ring substituents is 1. The lowest BCUT2D eigenvalue weighted by atomic mass is 10.1. The Labute approximate surface area is 174 Å². The molecule has 154 valence electrons. The second kappa shape index (κ2) is 9.80. The first-order valence-electron chi connectivity index (χ1n) is 9.17. The van der Waals surface area contributed by atoms with Crippen molar-refractivity contribution in [1.29, 1.82) is 0 Å². The molecule has 8 heteroatoms. The maximum atomic E-state index is 12.6. The van der Waals surface area contributed by atoms with Gasteiger partial charge in [0.15, 0.2) is 0 Å². The van der Waals surface area contributed by atoms with E-state index in [2.05, 4.69) is 4.40 Å². The van der Waals surface area contributed by atoms with Crippen LogP contribution in [0.25, 0.3) is 0 Å². The molecule has 0 bridgehead atoms. The third-order valence-electron chi connectivity index (χ3n) is 4.18. The molecule has 3 aromatic rings. The number of nitro groups is 1. The maximum Gasteiger partial charge on any atom is 0.269 e. The van der Waals surface area contributed by atoms with Crippen LogP contribution in [0, 0.1) is 10.1 Å². The van der Waals surface area contributed by atoms with Crippen LogP contribution in [0.4, 0.5) is 5.69 Å². The highest BCUT2D eigenvalue weighted by Crippen LogP contribution is 2.16. The maximum absolute atomic E-state index is 12.6. The highest BCUT2D eigenvalue weighted by atomic mass is 32.2. The van der Waals surface area contributed by atoms with E-state index in [4.69, 9.17) is 4.74 Å². The molecule has 0 radical (unpaired) electrons. The highest BCUT2D eigenvalue weighted by Gasteiger charge is 2.15. The minimum Gasteiger partial charge on any atom is -0.475 e. The molecule has 7 nitrogen and oxygen atoms in total. The second-order valence-electron chi connectivity index (χ2n) is 6.57. The van der Waals surface area contributed by atoms with Crippen molar-refractivity contribution in [2.24, 2.45) is 4.40 Å². The summed E-state index contributed by atoms with van der Waals surface area (Å²) >= 11 is 0. The number of nitrogens with zero attached hydrogens (tertiary/aromatic N) is 2. The molecular weight excluding hydrogens is 404 g/mol. The molecule has 0 saturated carbocycles. The van der Waals surface area contributed by atoms with Gasteiger partial charge in [-0.3, -0.25) is 10.1 Å². The molecule has 0 atom stereocenters. The third-order valence-corrected chi connectivity index (χ3v) is 5.36. The van der Waals surface area contributed by atoms with Gasteiger partial charge in [-0.2, -0.15) is 0 Å². The third kappa shape index (κ3) is 6.52. The smallest absolute Gasteiger partial charge is 0.269 e. The van der Waals surface area contributed by atoms with E-state index in [1.54, 1.807) is 0 Å². The molecule has 0 unspecified atom stereocenters. The minimum absolute atomic E-state index is 0.0898. The van der Waals surface area contributed by atoms with Gasteiger partial charge >= 0.3 is 0 Å². The van der Waals surface area contributed by atoms with Crippen molar-refractivity contribution in [3.8, 4) is 0 Å². The lowest BCUT2D eigenvalue weighted by molar-refractivity contribution is -0.384. The first-order valence-corrected chi connectivity index (χ1v) is 10.8. The SMILES string of the molecule is O=[N+]([O-])c1ccc(CS(=O)(=O)/N=C(\Cc2ccccc2)OCc2ccccc2)cc1. The molecule has 0 aromatic heterocycles. The van der Waals surface area contributed by atoms with Crippen molar-refractivity contribution in [2.45, 2.75) is 18.8 Å². The van der Waals surface area contributed by atoms with Gasteiger partial charge in [0.05, 0.1) is 10.7 Å². The first-order chi connectivity index (χ1) is 14.4. The summed E-state index contributed by atoms with van der Waals surface area (Å²) in [5, 5.41) is 10.8. The summed E-state index contributed by atoms with van der Waals surface area (Å²) in [6.45, 7) is 0.194. The van der Waals surface area contributed by atoms with Gasteiger partial charge in [-0.15, -0.1) is 4.40 Å². The number of sulfonamides is 1. The molecule has 0 heterocycles. The Hall–Kier alpha value is -3.52. The summed E-state index contributed by atoms with van der Waals surface area (Å²) in [6, 6.07) is 24.1. The summed E-state index contributed by atoms with van der Waals surface area (Å²) in [5.41, 5.74) is 2.07. The highest BCUT2D eigenvalue weighted by molar-refractivity contribution is 7.89. The van der Waals surface area contributed by atoms with E-state index >= 15 is 0 Å². The van der Waals surface area contributed by atoms with Crippen LogP contribution >= 0.6 is 0 Å². The molecule has 0 aliphatic rings. The van der Waals surface area contributed by atoms with Crippen LogP contribution in [0.1, 0.15) is 16.7 Å². The van der Waals surface area contributed by atoms with E-state index in [1.165, 1.54) is 24.3 Å². The van der Waals surface area contributed by atoms with Crippen LogP contribution in [-0.2, 0) is 33.5 Å². The van der Waals surface area contributed by atoms with Crippen molar-refractivity contribution in [1.82, 2.24) is 0 Å². The second-order valence-corrected chi connectivity index (χ2v) is 8.21. The van der Waals surface area contributed by atoms with E-state index in [-0.39, 0.29) is 30.4 Å². The van der Waals surface area contributed by atoms with Gasteiger partial charge in [0.25, 0.3) is 15.7 Å². The van der Waals surface area contributed by atoms with Gasteiger partial charge in [0.2, 0.25) is 5.90 Å².